The van der Waals surface area contributed by atoms with Gasteiger partial charge >= 0.3 is 0 Å². The largest absolute Gasteiger partial charge is 0.493 e. The smallest absolute Gasteiger partial charge is 0.226 e. The highest BCUT2D eigenvalue weighted by Gasteiger charge is 2.31. The lowest BCUT2D eigenvalue weighted by molar-refractivity contribution is -0.116. The van der Waals surface area contributed by atoms with Crippen molar-refractivity contribution in [2.45, 2.75) is 12.3 Å². The SMILES string of the molecule is C#CCOc1ccc(C2CC(=O)Nc3c2ncn3-c2ccccc2)cc1OC. The monoisotopic (exact) mass is 373 g/mol. The van der Waals surface area contributed by atoms with Gasteiger partial charge in [-0.15, -0.1) is 6.42 Å². The van der Waals surface area contributed by atoms with Gasteiger partial charge in [-0.1, -0.05) is 30.2 Å². The fraction of sp³-hybridized carbons (Fsp3) is 0.182. The van der Waals surface area contributed by atoms with E-state index < -0.39 is 0 Å². The molecule has 4 rings (SSSR count). The third-order valence-corrected chi connectivity index (χ3v) is 4.71. The number of carbonyl (C=O) groups excluding carboxylic acids is 1. The lowest BCUT2D eigenvalue weighted by atomic mass is 9.89. The van der Waals surface area contributed by atoms with Crippen LogP contribution in [0.25, 0.3) is 5.69 Å². The fourth-order valence-corrected chi connectivity index (χ4v) is 3.41. The molecule has 0 saturated heterocycles. The van der Waals surface area contributed by atoms with E-state index in [9.17, 15) is 4.79 Å². The molecule has 3 aromatic rings. The Labute approximate surface area is 163 Å². The van der Waals surface area contributed by atoms with Crippen molar-refractivity contribution in [3.63, 3.8) is 0 Å². The minimum atomic E-state index is -0.177. The zero-order valence-corrected chi connectivity index (χ0v) is 15.4. The highest BCUT2D eigenvalue weighted by atomic mass is 16.5. The molecule has 1 aliphatic rings. The third kappa shape index (κ3) is 3.19. The van der Waals surface area contributed by atoms with E-state index in [1.165, 1.54) is 0 Å². The van der Waals surface area contributed by atoms with Gasteiger partial charge < -0.3 is 14.8 Å². The van der Waals surface area contributed by atoms with Gasteiger partial charge in [-0.2, -0.15) is 0 Å². The number of methoxy groups -OCH3 is 1. The van der Waals surface area contributed by atoms with E-state index in [4.69, 9.17) is 15.9 Å². The minimum Gasteiger partial charge on any atom is -0.493 e. The molecular weight excluding hydrogens is 354 g/mol. The van der Waals surface area contributed by atoms with Crippen LogP contribution in [0.15, 0.2) is 54.9 Å². The number of ether oxygens (including phenoxy) is 2. The Bertz CT molecular complexity index is 1050. The average Bonchev–Trinajstić information content (AvgIpc) is 3.16. The number of aromatic nitrogens is 2. The van der Waals surface area contributed by atoms with Crippen LogP contribution in [0, 0.1) is 12.3 Å². The standard InChI is InChI=1S/C22H19N3O3/c1-3-11-28-18-10-9-15(12-19(18)27-2)17-13-20(26)24-22-21(17)23-14-25(22)16-7-5-4-6-8-16/h1,4-10,12,14,17H,11,13H2,2H3,(H,24,26). The first kappa shape index (κ1) is 17.7. The molecule has 6 heteroatoms. The summed E-state index contributed by atoms with van der Waals surface area (Å²) in [4.78, 5) is 17.0. The number of carbonyl (C=O) groups is 1. The maximum atomic E-state index is 12.4. The molecule has 0 fully saturated rings. The Morgan fingerprint density at radius 2 is 2.07 bits per heavy atom. The first-order chi connectivity index (χ1) is 13.7. The molecule has 0 saturated carbocycles. The summed E-state index contributed by atoms with van der Waals surface area (Å²) < 4.78 is 12.8. The maximum Gasteiger partial charge on any atom is 0.226 e. The number of benzene rings is 2. The summed E-state index contributed by atoms with van der Waals surface area (Å²) in [5.41, 5.74) is 2.69. The van der Waals surface area contributed by atoms with Crippen molar-refractivity contribution in [3.05, 3.63) is 66.1 Å². The van der Waals surface area contributed by atoms with E-state index >= 15 is 0 Å². The summed E-state index contributed by atoms with van der Waals surface area (Å²) in [5, 5.41) is 2.96. The molecule has 2 heterocycles. The molecule has 0 bridgehead atoms. The Balaban J connectivity index is 1.74. The van der Waals surface area contributed by atoms with Gasteiger partial charge in [-0.25, -0.2) is 4.98 Å². The van der Waals surface area contributed by atoms with Crippen LogP contribution in [0.1, 0.15) is 23.6 Å². The van der Waals surface area contributed by atoms with Gasteiger partial charge in [0.05, 0.1) is 12.8 Å². The van der Waals surface area contributed by atoms with Crippen LogP contribution in [0.2, 0.25) is 0 Å². The van der Waals surface area contributed by atoms with Gasteiger partial charge in [0.2, 0.25) is 5.91 Å². The second kappa shape index (κ2) is 7.49. The fourth-order valence-electron chi connectivity index (χ4n) is 3.41. The van der Waals surface area contributed by atoms with Crippen LogP contribution in [0.3, 0.4) is 0 Å². The number of imidazole rings is 1. The average molecular weight is 373 g/mol. The lowest BCUT2D eigenvalue weighted by Crippen LogP contribution is -2.25. The molecule has 2 aromatic carbocycles. The second-order valence-electron chi connectivity index (χ2n) is 6.39. The predicted molar refractivity (Wildman–Crippen MR) is 106 cm³/mol. The summed E-state index contributed by atoms with van der Waals surface area (Å²) in [5.74, 6) is 4.04. The summed E-state index contributed by atoms with van der Waals surface area (Å²) in [7, 11) is 1.57. The molecule has 28 heavy (non-hydrogen) atoms. The molecule has 1 unspecified atom stereocenters. The van der Waals surface area contributed by atoms with Crippen molar-refractivity contribution in [2.75, 3.05) is 19.0 Å². The van der Waals surface area contributed by atoms with Gasteiger partial charge in [0, 0.05) is 18.0 Å². The number of rotatable bonds is 5. The van der Waals surface area contributed by atoms with Crippen LogP contribution in [-0.4, -0.2) is 29.2 Å². The van der Waals surface area contributed by atoms with Crippen molar-refractivity contribution in [3.8, 4) is 29.5 Å². The van der Waals surface area contributed by atoms with Gasteiger partial charge in [0.15, 0.2) is 11.5 Å². The molecule has 1 N–H and O–H groups in total. The number of fused-ring (bicyclic) bond motifs is 1. The van der Waals surface area contributed by atoms with E-state index in [2.05, 4.69) is 16.2 Å². The van der Waals surface area contributed by atoms with Gasteiger partial charge in [-0.05, 0) is 29.8 Å². The molecule has 0 aliphatic carbocycles. The Hall–Kier alpha value is -3.72. The van der Waals surface area contributed by atoms with E-state index in [1.54, 1.807) is 13.4 Å². The Morgan fingerprint density at radius 1 is 1.25 bits per heavy atom. The number of hydrogen-bond acceptors (Lipinski definition) is 4. The van der Waals surface area contributed by atoms with Crippen molar-refractivity contribution >= 4 is 11.7 Å². The zero-order valence-electron chi connectivity index (χ0n) is 15.4. The number of anilines is 1. The van der Waals surface area contributed by atoms with Gasteiger partial charge in [-0.3, -0.25) is 9.36 Å². The number of hydrogen-bond donors (Lipinski definition) is 1. The number of nitrogens with zero attached hydrogens (tertiary/aromatic N) is 2. The van der Waals surface area contributed by atoms with Gasteiger partial charge in [0.25, 0.3) is 0 Å². The normalized spacial score (nSPS) is 15.3. The Kier molecular flexibility index (Phi) is 4.73. The van der Waals surface area contributed by atoms with Crippen LogP contribution < -0.4 is 14.8 Å². The molecule has 0 radical (unpaired) electrons. The first-order valence-corrected chi connectivity index (χ1v) is 8.88. The Morgan fingerprint density at radius 3 is 2.82 bits per heavy atom. The first-order valence-electron chi connectivity index (χ1n) is 8.88. The number of nitrogens with one attached hydrogen (secondary N) is 1. The highest BCUT2D eigenvalue weighted by Crippen LogP contribution is 2.40. The quantitative estimate of drug-likeness (QED) is 0.697. The lowest BCUT2D eigenvalue weighted by Gasteiger charge is -2.24. The molecular formula is C22H19N3O3. The predicted octanol–water partition coefficient (Wildman–Crippen LogP) is 3.37. The number of para-hydroxylation sites is 1. The third-order valence-electron chi connectivity index (χ3n) is 4.71. The molecule has 1 amide bonds. The summed E-state index contributed by atoms with van der Waals surface area (Å²) in [6, 6.07) is 15.4. The number of amides is 1. The van der Waals surface area contributed by atoms with Crippen LogP contribution in [0.4, 0.5) is 5.82 Å². The molecule has 1 atom stereocenters. The van der Waals surface area contributed by atoms with Crippen molar-refractivity contribution in [1.29, 1.82) is 0 Å². The zero-order chi connectivity index (χ0) is 19.5. The maximum absolute atomic E-state index is 12.4. The van der Waals surface area contributed by atoms with Crippen molar-refractivity contribution in [1.82, 2.24) is 9.55 Å². The van der Waals surface area contributed by atoms with Crippen LogP contribution >= 0.6 is 0 Å². The van der Waals surface area contributed by atoms with E-state index in [0.717, 1.165) is 16.9 Å². The van der Waals surface area contributed by atoms with E-state index in [-0.39, 0.29) is 18.4 Å². The van der Waals surface area contributed by atoms with Gasteiger partial charge in [0.1, 0.15) is 18.8 Å². The highest BCUT2D eigenvalue weighted by molar-refractivity contribution is 5.94. The summed E-state index contributed by atoms with van der Waals surface area (Å²) in [6.07, 6.45) is 7.31. The summed E-state index contributed by atoms with van der Waals surface area (Å²) >= 11 is 0. The molecule has 140 valence electrons. The van der Waals surface area contributed by atoms with Crippen molar-refractivity contribution in [2.24, 2.45) is 0 Å². The molecule has 1 aliphatic heterocycles. The van der Waals surface area contributed by atoms with Crippen LogP contribution in [0.5, 0.6) is 11.5 Å². The minimum absolute atomic E-state index is 0.0539. The van der Waals surface area contributed by atoms with Crippen LogP contribution in [-0.2, 0) is 4.79 Å². The molecule has 6 nitrogen and oxygen atoms in total. The molecule has 1 aromatic heterocycles. The van der Waals surface area contributed by atoms with E-state index in [1.807, 2.05) is 53.1 Å². The van der Waals surface area contributed by atoms with Crippen molar-refractivity contribution < 1.29 is 14.3 Å². The molecule has 0 spiro atoms. The number of terminal acetylenes is 1. The topological polar surface area (TPSA) is 65.4 Å². The summed E-state index contributed by atoms with van der Waals surface area (Å²) in [6.45, 7) is 0.160. The second-order valence-corrected chi connectivity index (χ2v) is 6.39. The van der Waals surface area contributed by atoms with E-state index in [0.29, 0.717) is 23.7 Å².